The number of tetrazole rings is 1. The van der Waals surface area contributed by atoms with Crippen molar-refractivity contribution in [3.8, 4) is 17.1 Å². The van der Waals surface area contributed by atoms with Crippen LogP contribution in [0.1, 0.15) is 10.4 Å². The standard InChI is InChI=1S/C23H20N6O3/c1-32-18-13-11-16(12-14-18)23(31)25-20-10-6-5-9-19(20)22-26-28-29(27-22)15-21(30)24-17-7-3-2-4-8-17/h2-14H,15H2,1H3,(H,24,30)(H,25,31). The molecule has 1 heterocycles. The number of nitrogens with one attached hydrogen (secondary N) is 2. The second-order valence-electron chi connectivity index (χ2n) is 6.79. The van der Waals surface area contributed by atoms with E-state index in [1.165, 1.54) is 4.80 Å². The molecule has 4 aromatic rings. The van der Waals surface area contributed by atoms with Crippen molar-refractivity contribution < 1.29 is 14.3 Å². The number of rotatable bonds is 7. The van der Waals surface area contributed by atoms with Crippen molar-refractivity contribution in [3.63, 3.8) is 0 Å². The van der Waals surface area contributed by atoms with Crippen LogP contribution in [-0.2, 0) is 11.3 Å². The van der Waals surface area contributed by atoms with Crippen LogP contribution < -0.4 is 15.4 Å². The number of hydrogen-bond acceptors (Lipinski definition) is 6. The first-order valence-electron chi connectivity index (χ1n) is 9.80. The Morgan fingerprint density at radius 2 is 1.62 bits per heavy atom. The van der Waals surface area contributed by atoms with Gasteiger partial charge in [-0.3, -0.25) is 9.59 Å². The molecule has 0 radical (unpaired) electrons. The third-order valence-corrected chi connectivity index (χ3v) is 4.56. The maximum absolute atomic E-state index is 12.7. The molecule has 0 spiro atoms. The largest absolute Gasteiger partial charge is 0.497 e. The predicted octanol–water partition coefficient (Wildman–Crippen LogP) is 3.24. The number of anilines is 2. The maximum Gasteiger partial charge on any atom is 0.255 e. The summed E-state index contributed by atoms with van der Waals surface area (Å²) >= 11 is 0. The van der Waals surface area contributed by atoms with E-state index in [1.807, 2.05) is 18.2 Å². The first-order valence-corrected chi connectivity index (χ1v) is 9.80. The van der Waals surface area contributed by atoms with E-state index >= 15 is 0 Å². The van der Waals surface area contributed by atoms with Crippen molar-refractivity contribution in [1.82, 2.24) is 20.2 Å². The van der Waals surface area contributed by atoms with Crippen molar-refractivity contribution in [2.75, 3.05) is 17.7 Å². The summed E-state index contributed by atoms with van der Waals surface area (Å²) in [5.41, 5.74) is 2.28. The minimum Gasteiger partial charge on any atom is -0.497 e. The van der Waals surface area contributed by atoms with E-state index in [0.717, 1.165) is 0 Å². The molecule has 2 N–H and O–H groups in total. The second kappa shape index (κ2) is 9.52. The van der Waals surface area contributed by atoms with Crippen molar-refractivity contribution >= 4 is 23.2 Å². The fourth-order valence-electron chi connectivity index (χ4n) is 2.99. The van der Waals surface area contributed by atoms with Gasteiger partial charge in [0.1, 0.15) is 12.3 Å². The van der Waals surface area contributed by atoms with Crippen LogP contribution in [0.4, 0.5) is 11.4 Å². The third kappa shape index (κ3) is 4.96. The Morgan fingerprint density at radius 3 is 2.38 bits per heavy atom. The van der Waals surface area contributed by atoms with Gasteiger partial charge in [-0.15, -0.1) is 10.2 Å². The van der Waals surface area contributed by atoms with Gasteiger partial charge in [-0.25, -0.2) is 0 Å². The average molecular weight is 428 g/mol. The molecule has 160 valence electrons. The lowest BCUT2D eigenvalue weighted by molar-refractivity contribution is -0.117. The van der Waals surface area contributed by atoms with Crippen LogP contribution in [0.2, 0.25) is 0 Å². The molecule has 0 bridgehead atoms. The lowest BCUT2D eigenvalue weighted by atomic mass is 10.1. The smallest absolute Gasteiger partial charge is 0.255 e. The van der Waals surface area contributed by atoms with Crippen LogP contribution in [0.5, 0.6) is 5.75 Å². The summed E-state index contributed by atoms with van der Waals surface area (Å²) in [4.78, 5) is 26.1. The van der Waals surface area contributed by atoms with Gasteiger partial charge in [0.2, 0.25) is 11.7 Å². The molecular formula is C23H20N6O3. The highest BCUT2D eigenvalue weighted by Gasteiger charge is 2.15. The van der Waals surface area contributed by atoms with Crippen molar-refractivity contribution in [2.24, 2.45) is 0 Å². The Labute approximate surface area is 184 Å². The monoisotopic (exact) mass is 428 g/mol. The molecule has 0 aliphatic heterocycles. The number of hydrogen-bond donors (Lipinski definition) is 2. The Morgan fingerprint density at radius 1 is 0.906 bits per heavy atom. The van der Waals surface area contributed by atoms with Crippen LogP contribution in [0.25, 0.3) is 11.4 Å². The normalized spacial score (nSPS) is 10.4. The van der Waals surface area contributed by atoms with Gasteiger partial charge in [0.15, 0.2) is 0 Å². The van der Waals surface area contributed by atoms with E-state index in [4.69, 9.17) is 4.74 Å². The summed E-state index contributed by atoms with van der Waals surface area (Å²) < 4.78 is 5.12. The predicted molar refractivity (Wildman–Crippen MR) is 119 cm³/mol. The zero-order chi connectivity index (χ0) is 22.3. The highest BCUT2D eigenvalue weighted by molar-refractivity contribution is 6.06. The van der Waals surface area contributed by atoms with Crippen LogP contribution in [0.15, 0.2) is 78.9 Å². The van der Waals surface area contributed by atoms with Gasteiger partial charge in [-0.1, -0.05) is 30.3 Å². The van der Waals surface area contributed by atoms with E-state index in [-0.39, 0.29) is 18.4 Å². The number of methoxy groups -OCH3 is 1. The number of carbonyl (C=O) groups is 2. The zero-order valence-corrected chi connectivity index (χ0v) is 17.2. The Bertz CT molecular complexity index is 1220. The topological polar surface area (TPSA) is 111 Å². The lowest BCUT2D eigenvalue weighted by Crippen LogP contribution is -2.20. The molecule has 0 aliphatic carbocycles. The number of carbonyl (C=O) groups excluding carboxylic acids is 2. The molecule has 9 heteroatoms. The van der Waals surface area contributed by atoms with Gasteiger partial charge >= 0.3 is 0 Å². The molecule has 0 aliphatic rings. The second-order valence-corrected chi connectivity index (χ2v) is 6.79. The third-order valence-electron chi connectivity index (χ3n) is 4.56. The molecule has 0 fully saturated rings. The summed E-state index contributed by atoms with van der Waals surface area (Å²) in [6.45, 7) is -0.0950. The van der Waals surface area contributed by atoms with E-state index in [1.54, 1.807) is 67.8 Å². The molecule has 9 nitrogen and oxygen atoms in total. The quantitative estimate of drug-likeness (QED) is 0.468. The molecule has 3 aromatic carbocycles. The fourth-order valence-corrected chi connectivity index (χ4v) is 2.99. The Balaban J connectivity index is 1.47. The van der Waals surface area contributed by atoms with Gasteiger partial charge in [0.25, 0.3) is 5.91 Å². The molecule has 0 atom stereocenters. The highest BCUT2D eigenvalue weighted by Crippen LogP contribution is 2.25. The summed E-state index contributed by atoms with van der Waals surface area (Å²) in [7, 11) is 1.57. The minimum absolute atomic E-state index is 0.0950. The van der Waals surface area contributed by atoms with Gasteiger partial charge in [-0.2, -0.15) is 4.80 Å². The number of benzene rings is 3. The molecule has 2 amide bonds. The minimum atomic E-state index is -0.283. The SMILES string of the molecule is COc1ccc(C(=O)Nc2ccccc2-c2nnn(CC(=O)Nc3ccccc3)n2)cc1. The number of ether oxygens (including phenoxy) is 1. The molecule has 1 aromatic heterocycles. The van der Waals surface area contributed by atoms with Crippen LogP contribution in [0, 0.1) is 0 Å². The summed E-state index contributed by atoms with van der Waals surface area (Å²) in [6.07, 6.45) is 0. The highest BCUT2D eigenvalue weighted by atomic mass is 16.5. The van der Waals surface area contributed by atoms with Gasteiger partial charge in [0.05, 0.1) is 12.8 Å². The average Bonchev–Trinajstić information content (AvgIpc) is 3.28. The lowest BCUT2D eigenvalue weighted by Gasteiger charge is -2.09. The van der Waals surface area contributed by atoms with E-state index in [2.05, 4.69) is 26.0 Å². The van der Waals surface area contributed by atoms with Crippen molar-refractivity contribution in [1.29, 1.82) is 0 Å². The first kappa shape index (κ1) is 20.7. The zero-order valence-electron chi connectivity index (χ0n) is 17.2. The van der Waals surface area contributed by atoms with Crippen LogP contribution in [-0.4, -0.2) is 39.1 Å². The van der Waals surface area contributed by atoms with Gasteiger partial charge in [0, 0.05) is 16.8 Å². The van der Waals surface area contributed by atoms with Crippen molar-refractivity contribution in [2.45, 2.75) is 6.54 Å². The number of para-hydroxylation sites is 2. The fraction of sp³-hybridized carbons (Fsp3) is 0.0870. The Hall–Kier alpha value is -4.53. The summed E-state index contributed by atoms with van der Waals surface area (Å²) in [5.74, 6) is 0.401. The first-order chi connectivity index (χ1) is 15.6. The summed E-state index contributed by atoms with van der Waals surface area (Å²) in [6, 6.07) is 23.0. The van der Waals surface area contributed by atoms with E-state index < -0.39 is 0 Å². The molecule has 0 saturated carbocycles. The van der Waals surface area contributed by atoms with Crippen molar-refractivity contribution in [3.05, 3.63) is 84.4 Å². The van der Waals surface area contributed by atoms with Gasteiger partial charge < -0.3 is 15.4 Å². The molecule has 32 heavy (non-hydrogen) atoms. The number of amides is 2. The van der Waals surface area contributed by atoms with Crippen LogP contribution >= 0.6 is 0 Å². The summed E-state index contributed by atoms with van der Waals surface area (Å²) in [5, 5.41) is 17.9. The molecule has 0 saturated heterocycles. The van der Waals surface area contributed by atoms with E-state index in [0.29, 0.717) is 34.1 Å². The number of nitrogens with zero attached hydrogens (tertiary/aromatic N) is 4. The van der Waals surface area contributed by atoms with Crippen LogP contribution in [0.3, 0.4) is 0 Å². The Kier molecular flexibility index (Phi) is 6.17. The van der Waals surface area contributed by atoms with Gasteiger partial charge in [-0.05, 0) is 53.7 Å². The van der Waals surface area contributed by atoms with E-state index in [9.17, 15) is 9.59 Å². The maximum atomic E-state index is 12.7. The molecular weight excluding hydrogens is 408 g/mol. The number of aromatic nitrogens is 4. The molecule has 4 rings (SSSR count). The molecule has 0 unspecified atom stereocenters.